The predicted octanol–water partition coefficient (Wildman–Crippen LogP) is 4.69. The highest BCUT2D eigenvalue weighted by molar-refractivity contribution is 14.0. The zero-order valence-corrected chi connectivity index (χ0v) is 18.8. The van der Waals surface area contributed by atoms with Crippen molar-refractivity contribution in [2.75, 3.05) is 25.1 Å². The molecule has 0 spiro atoms. The number of ether oxygens (including phenoxy) is 2. The molecule has 0 bridgehead atoms. The van der Waals surface area contributed by atoms with Crippen molar-refractivity contribution in [2.24, 2.45) is 10.7 Å². The highest BCUT2D eigenvalue weighted by Gasteiger charge is 2.44. The summed E-state index contributed by atoms with van der Waals surface area (Å²) < 4.78 is 12.5. The highest BCUT2D eigenvalue weighted by Crippen LogP contribution is 2.48. The Kier molecular flexibility index (Phi) is 6.52. The quantitative estimate of drug-likeness (QED) is 0.333. The third-order valence-corrected chi connectivity index (χ3v) is 5.36. The Balaban J connectivity index is 0.00000210. The number of hydrogen-bond donors (Lipinski definition) is 2. The molecule has 3 N–H and O–H groups in total. The Hall–Kier alpha value is -1.48. The number of rotatable bonds is 4. The molecule has 0 aromatic heterocycles. The Bertz CT molecular complexity index is 840. The van der Waals surface area contributed by atoms with Gasteiger partial charge in [0.15, 0.2) is 17.5 Å². The number of halogens is 2. The van der Waals surface area contributed by atoms with E-state index in [4.69, 9.17) is 15.2 Å². The summed E-state index contributed by atoms with van der Waals surface area (Å²) in [7, 11) is 0. The van der Waals surface area contributed by atoms with Crippen LogP contribution in [0.5, 0.6) is 11.5 Å². The first-order valence-electron chi connectivity index (χ1n) is 8.87. The number of anilines is 1. The number of nitrogens with zero attached hydrogens (tertiary/aromatic N) is 1. The minimum Gasteiger partial charge on any atom is -0.490 e. The van der Waals surface area contributed by atoms with Gasteiger partial charge >= 0.3 is 0 Å². The summed E-state index contributed by atoms with van der Waals surface area (Å²) in [5.41, 5.74) is 8.41. The first-order valence-corrected chi connectivity index (χ1v) is 9.67. The molecule has 0 amide bonds. The molecule has 27 heavy (non-hydrogen) atoms. The second kappa shape index (κ2) is 8.68. The van der Waals surface area contributed by atoms with Gasteiger partial charge in [0.25, 0.3) is 0 Å². The van der Waals surface area contributed by atoms with E-state index >= 15 is 0 Å². The van der Waals surface area contributed by atoms with Crippen LogP contribution in [0.15, 0.2) is 51.9 Å². The first kappa shape index (κ1) is 20.3. The van der Waals surface area contributed by atoms with E-state index < -0.39 is 0 Å². The van der Waals surface area contributed by atoms with Crippen molar-refractivity contribution in [2.45, 2.75) is 24.7 Å². The molecule has 1 aliphatic carbocycles. The molecule has 5 nitrogen and oxygen atoms in total. The Morgan fingerprint density at radius 2 is 1.89 bits per heavy atom. The summed E-state index contributed by atoms with van der Waals surface area (Å²) in [5, 5.41) is 3.16. The number of nitrogens with one attached hydrogen (secondary N) is 1. The lowest BCUT2D eigenvalue weighted by Gasteiger charge is -2.15. The summed E-state index contributed by atoms with van der Waals surface area (Å²) >= 11 is 3.55. The van der Waals surface area contributed by atoms with Crippen molar-refractivity contribution in [1.29, 1.82) is 0 Å². The molecule has 144 valence electrons. The van der Waals surface area contributed by atoms with Crippen LogP contribution in [0.1, 0.15) is 24.8 Å². The lowest BCUT2D eigenvalue weighted by Crippen LogP contribution is -2.25. The Morgan fingerprint density at radius 1 is 1.11 bits per heavy atom. The summed E-state index contributed by atoms with van der Waals surface area (Å²) in [6.45, 7) is 2.03. The zero-order valence-electron chi connectivity index (χ0n) is 14.9. The second-order valence-electron chi connectivity index (χ2n) is 6.83. The molecule has 7 heteroatoms. The standard InChI is InChI=1S/C20H22BrN3O2.HI/c21-15-4-1-3-14(11-15)20(7-8-20)13-23-19(22)24-16-5-6-17-18(12-16)26-10-2-9-25-17;/h1,3-6,11-12H,2,7-10,13H2,(H3,22,23,24);1H. The SMILES string of the molecule is I.NC(=NCC1(c2cccc(Br)c2)CC1)Nc1ccc2c(c1)OCCCO2. The third-order valence-electron chi connectivity index (χ3n) is 4.86. The minimum absolute atomic E-state index is 0. The van der Waals surface area contributed by atoms with E-state index in [1.54, 1.807) is 0 Å². The first-order chi connectivity index (χ1) is 12.6. The number of fused-ring (bicyclic) bond motifs is 1. The van der Waals surface area contributed by atoms with Crippen molar-refractivity contribution in [3.63, 3.8) is 0 Å². The van der Waals surface area contributed by atoms with Crippen molar-refractivity contribution >= 4 is 51.6 Å². The summed E-state index contributed by atoms with van der Waals surface area (Å²) in [6, 6.07) is 14.2. The minimum atomic E-state index is 0. The van der Waals surface area contributed by atoms with Crippen molar-refractivity contribution in [3.8, 4) is 11.5 Å². The van der Waals surface area contributed by atoms with Crippen molar-refractivity contribution in [3.05, 3.63) is 52.5 Å². The van der Waals surface area contributed by atoms with Crippen LogP contribution in [0, 0.1) is 0 Å². The Labute approximate surface area is 184 Å². The predicted molar refractivity (Wildman–Crippen MR) is 123 cm³/mol. The summed E-state index contributed by atoms with van der Waals surface area (Å²) in [6.07, 6.45) is 3.17. The van der Waals surface area contributed by atoms with Crippen LogP contribution in [0.2, 0.25) is 0 Å². The van der Waals surface area contributed by atoms with Gasteiger partial charge < -0.3 is 20.5 Å². The fraction of sp³-hybridized carbons (Fsp3) is 0.350. The number of hydrogen-bond acceptors (Lipinski definition) is 3. The van der Waals surface area contributed by atoms with Gasteiger partial charge in [0.1, 0.15) is 0 Å². The zero-order chi connectivity index (χ0) is 18.0. The molecule has 1 saturated carbocycles. The number of benzene rings is 2. The highest BCUT2D eigenvalue weighted by atomic mass is 127. The fourth-order valence-electron chi connectivity index (χ4n) is 3.17. The normalized spacial score (nSPS) is 17.4. The molecule has 4 rings (SSSR count). The van der Waals surface area contributed by atoms with Crippen LogP contribution in [-0.4, -0.2) is 25.7 Å². The van der Waals surface area contributed by atoms with E-state index in [2.05, 4.69) is 44.4 Å². The van der Waals surface area contributed by atoms with Gasteiger partial charge in [0, 0.05) is 28.1 Å². The van der Waals surface area contributed by atoms with Gasteiger partial charge in [-0.3, -0.25) is 4.99 Å². The molecule has 0 unspecified atom stereocenters. The van der Waals surface area contributed by atoms with Crippen LogP contribution in [0.3, 0.4) is 0 Å². The summed E-state index contributed by atoms with van der Waals surface area (Å²) in [4.78, 5) is 4.59. The molecule has 1 heterocycles. The van der Waals surface area contributed by atoms with E-state index in [1.165, 1.54) is 5.56 Å². The molecule has 1 aliphatic heterocycles. The molecule has 0 radical (unpaired) electrons. The van der Waals surface area contributed by atoms with Gasteiger partial charge in [0.05, 0.1) is 19.8 Å². The molecular formula is C20H23BrIN3O2. The van der Waals surface area contributed by atoms with E-state index in [-0.39, 0.29) is 29.4 Å². The van der Waals surface area contributed by atoms with E-state index in [0.29, 0.717) is 25.7 Å². The lowest BCUT2D eigenvalue weighted by molar-refractivity contribution is 0.297. The third kappa shape index (κ3) is 4.87. The molecule has 2 aliphatic rings. The van der Waals surface area contributed by atoms with E-state index in [9.17, 15) is 0 Å². The number of nitrogens with two attached hydrogens (primary N) is 1. The van der Waals surface area contributed by atoms with Crippen LogP contribution in [-0.2, 0) is 5.41 Å². The van der Waals surface area contributed by atoms with Crippen LogP contribution >= 0.6 is 39.9 Å². The molecule has 2 aromatic rings. The van der Waals surface area contributed by atoms with E-state index in [1.807, 2.05) is 24.3 Å². The number of guanidine groups is 1. The van der Waals surface area contributed by atoms with E-state index in [0.717, 1.165) is 40.9 Å². The largest absolute Gasteiger partial charge is 0.490 e. The van der Waals surface area contributed by atoms with Crippen molar-refractivity contribution < 1.29 is 9.47 Å². The topological polar surface area (TPSA) is 68.9 Å². The van der Waals surface area contributed by atoms with Gasteiger partial charge in [-0.2, -0.15) is 0 Å². The smallest absolute Gasteiger partial charge is 0.193 e. The van der Waals surface area contributed by atoms with Crippen LogP contribution in [0.25, 0.3) is 0 Å². The maximum atomic E-state index is 6.11. The number of aliphatic imine (C=N–C) groups is 1. The maximum Gasteiger partial charge on any atom is 0.193 e. The van der Waals surface area contributed by atoms with Gasteiger partial charge in [-0.05, 0) is 42.7 Å². The van der Waals surface area contributed by atoms with Crippen LogP contribution in [0.4, 0.5) is 5.69 Å². The molecule has 2 aromatic carbocycles. The van der Waals surface area contributed by atoms with Crippen LogP contribution < -0.4 is 20.5 Å². The summed E-state index contributed by atoms with van der Waals surface area (Å²) in [5.74, 6) is 1.93. The second-order valence-corrected chi connectivity index (χ2v) is 7.74. The fourth-order valence-corrected chi connectivity index (χ4v) is 3.57. The van der Waals surface area contributed by atoms with Crippen molar-refractivity contribution in [1.82, 2.24) is 0 Å². The monoisotopic (exact) mass is 543 g/mol. The molecule has 0 atom stereocenters. The maximum absolute atomic E-state index is 6.11. The average molecular weight is 544 g/mol. The molecular weight excluding hydrogens is 521 g/mol. The average Bonchev–Trinajstić information content (AvgIpc) is 3.44. The van der Waals surface area contributed by atoms with Gasteiger partial charge in [0.2, 0.25) is 0 Å². The molecule has 0 saturated heterocycles. The lowest BCUT2D eigenvalue weighted by atomic mass is 9.96. The Morgan fingerprint density at radius 3 is 2.63 bits per heavy atom. The van der Waals surface area contributed by atoms with Gasteiger partial charge in [-0.1, -0.05) is 28.1 Å². The van der Waals surface area contributed by atoms with Gasteiger partial charge in [-0.15, -0.1) is 24.0 Å². The molecule has 1 fully saturated rings. The van der Waals surface area contributed by atoms with Gasteiger partial charge in [-0.25, -0.2) is 0 Å².